The van der Waals surface area contributed by atoms with Gasteiger partial charge in [-0.05, 0) is 41.8 Å². The third kappa shape index (κ3) is 7.72. The van der Waals surface area contributed by atoms with E-state index in [1.165, 1.54) is 67.3 Å². The summed E-state index contributed by atoms with van der Waals surface area (Å²) in [5.41, 5.74) is 4.81. The van der Waals surface area contributed by atoms with Crippen LogP contribution in [0.25, 0.3) is 0 Å². The number of nitrogens with zero attached hydrogens (tertiary/aromatic N) is 2. The smallest absolute Gasteiger partial charge is 0.124 e. The molecule has 3 heteroatoms. The van der Waals surface area contributed by atoms with Gasteiger partial charge >= 0.3 is 0 Å². The summed E-state index contributed by atoms with van der Waals surface area (Å²) >= 11 is 0. The lowest BCUT2D eigenvalue weighted by Gasteiger charge is -2.26. The van der Waals surface area contributed by atoms with Crippen molar-refractivity contribution in [3.05, 3.63) is 59.7 Å². The molecular weight excluding hydrogens is 380 g/mol. The zero-order valence-corrected chi connectivity index (χ0v) is 20.3. The van der Waals surface area contributed by atoms with Gasteiger partial charge in [0, 0.05) is 51.4 Å². The fraction of sp³-hybridized carbons (Fsp3) is 0.536. The van der Waals surface area contributed by atoms with E-state index in [0.29, 0.717) is 0 Å². The van der Waals surface area contributed by atoms with Crippen LogP contribution in [0.4, 0.5) is 11.4 Å². The maximum Gasteiger partial charge on any atom is 0.124 e. The molecule has 0 saturated heterocycles. The van der Waals surface area contributed by atoms with Gasteiger partial charge in [-0.2, -0.15) is 0 Å². The Morgan fingerprint density at radius 2 is 1.10 bits per heavy atom. The topological polar surface area (TPSA) is 23.6 Å². The standard InChI is InChI=1S/C28H42N2O/c1-6-7-8-9-10-11-12-13-25(22-31)28(23-14-18-26(19-15-23)29(2)3)24-16-20-27(21-17-24)30(4)5/h14-22,25,28H,6-13H2,1-5H3. The number of carbonyl (C=O) groups is 1. The Balaban J connectivity index is 2.18. The fourth-order valence-corrected chi connectivity index (χ4v) is 4.30. The van der Waals surface area contributed by atoms with Crippen LogP contribution in [0.3, 0.4) is 0 Å². The number of hydrogen-bond donors (Lipinski definition) is 0. The first-order chi connectivity index (χ1) is 15.0. The number of hydrogen-bond acceptors (Lipinski definition) is 3. The molecule has 0 amide bonds. The molecule has 0 N–H and O–H groups in total. The summed E-state index contributed by atoms with van der Waals surface area (Å²) in [6.07, 6.45) is 11.1. The Morgan fingerprint density at radius 3 is 1.48 bits per heavy atom. The van der Waals surface area contributed by atoms with Crippen LogP contribution in [0, 0.1) is 5.92 Å². The molecule has 1 unspecified atom stereocenters. The monoisotopic (exact) mass is 422 g/mol. The SMILES string of the molecule is CCCCCCCCCC(C=O)C(c1ccc(N(C)C)cc1)c1ccc(N(C)C)cc1. The van der Waals surface area contributed by atoms with Crippen molar-refractivity contribution in [1.29, 1.82) is 0 Å². The number of rotatable bonds is 14. The summed E-state index contributed by atoms with van der Waals surface area (Å²) in [6, 6.07) is 17.4. The van der Waals surface area contributed by atoms with Crippen LogP contribution in [-0.4, -0.2) is 34.5 Å². The average Bonchev–Trinajstić information content (AvgIpc) is 2.78. The van der Waals surface area contributed by atoms with Crippen molar-refractivity contribution in [3.63, 3.8) is 0 Å². The molecule has 1 atom stereocenters. The van der Waals surface area contributed by atoms with Crippen LogP contribution in [0.1, 0.15) is 75.3 Å². The number of unbranched alkanes of at least 4 members (excludes halogenated alkanes) is 6. The first-order valence-electron chi connectivity index (χ1n) is 12.0. The van der Waals surface area contributed by atoms with Gasteiger partial charge in [-0.15, -0.1) is 0 Å². The molecule has 0 bridgehead atoms. The Labute approximate surface area is 190 Å². The van der Waals surface area contributed by atoms with E-state index in [9.17, 15) is 4.79 Å². The molecule has 0 fully saturated rings. The minimum absolute atomic E-state index is 0.00561. The average molecular weight is 423 g/mol. The van der Waals surface area contributed by atoms with Crippen LogP contribution < -0.4 is 9.80 Å². The highest BCUT2D eigenvalue weighted by Gasteiger charge is 2.24. The molecule has 0 heterocycles. The second kappa shape index (κ2) is 13.2. The van der Waals surface area contributed by atoms with E-state index < -0.39 is 0 Å². The molecule has 0 saturated carbocycles. The van der Waals surface area contributed by atoms with Crippen molar-refractivity contribution in [3.8, 4) is 0 Å². The van der Waals surface area contributed by atoms with Crippen LogP contribution in [0.2, 0.25) is 0 Å². The lowest BCUT2D eigenvalue weighted by molar-refractivity contribution is -0.111. The van der Waals surface area contributed by atoms with E-state index in [1.54, 1.807) is 0 Å². The van der Waals surface area contributed by atoms with Crippen molar-refractivity contribution in [2.45, 2.75) is 64.2 Å². The summed E-state index contributed by atoms with van der Waals surface area (Å²) in [4.78, 5) is 16.5. The molecule has 0 aromatic heterocycles. The number of aldehydes is 1. The largest absolute Gasteiger partial charge is 0.378 e. The normalized spacial score (nSPS) is 12.1. The van der Waals surface area contributed by atoms with Crippen molar-refractivity contribution < 1.29 is 4.79 Å². The van der Waals surface area contributed by atoms with Crippen LogP contribution in [0.15, 0.2) is 48.5 Å². The van der Waals surface area contributed by atoms with Gasteiger partial charge in [-0.25, -0.2) is 0 Å². The molecule has 31 heavy (non-hydrogen) atoms. The number of anilines is 2. The summed E-state index contributed by atoms with van der Waals surface area (Å²) < 4.78 is 0. The highest BCUT2D eigenvalue weighted by molar-refractivity contribution is 5.60. The molecular formula is C28H42N2O. The summed E-state index contributed by atoms with van der Waals surface area (Å²) in [5.74, 6) is 0.107. The second-order valence-electron chi connectivity index (χ2n) is 9.16. The van der Waals surface area contributed by atoms with E-state index in [-0.39, 0.29) is 11.8 Å². The van der Waals surface area contributed by atoms with Gasteiger partial charge in [0.2, 0.25) is 0 Å². The first-order valence-corrected chi connectivity index (χ1v) is 12.0. The zero-order chi connectivity index (χ0) is 22.6. The molecule has 2 aromatic rings. The van der Waals surface area contributed by atoms with Gasteiger partial charge in [-0.3, -0.25) is 0 Å². The Morgan fingerprint density at radius 1 is 0.677 bits per heavy atom. The Bertz CT molecular complexity index is 698. The maximum absolute atomic E-state index is 12.2. The molecule has 0 aliphatic carbocycles. The minimum atomic E-state index is 0.00561. The summed E-state index contributed by atoms with van der Waals surface area (Å²) in [7, 11) is 8.23. The molecule has 2 aromatic carbocycles. The van der Waals surface area contributed by atoms with Gasteiger partial charge in [0.25, 0.3) is 0 Å². The summed E-state index contributed by atoms with van der Waals surface area (Å²) in [5, 5.41) is 0. The van der Waals surface area contributed by atoms with Gasteiger partial charge in [0.05, 0.1) is 0 Å². The quantitative estimate of drug-likeness (QED) is 0.244. The Kier molecular flexibility index (Phi) is 10.6. The van der Waals surface area contributed by atoms with Crippen molar-refractivity contribution in [2.24, 2.45) is 5.92 Å². The van der Waals surface area contributed by atoms with Gasteiger partial charge in [0.15, 0.2) is 0 Å². The van der Waals surface area contributed by atoms with Gasteiger partial charge < -0.3 is 14.6 Å². The van der Waals surface area contributed by atoms with Crippen molar-refractivity contribution >= 4 is 17.7 Å². The van der Waals surface area contributed by atoms with E-state index in [4.69, 9.17) is 0 Å². The van der Waals surface area contributed by atoms with Crippen LogP contribution >= 0.6 is 0 Å². The maximum atomic E-state index is 12.2. The third-order valence-corrected chi connectivity index (χ3v) is 6.28. The molecule has 0 aliphatic rings. The van der Waals surface area contributed by atoms with Crippen molar-refractivity contribution in [1.82, 2.24) is 0 Å². The van der Waals surface area contributed by atoms with Crippen LogP contribution in [0.5, 0.6) is 0 Å². The van der Waals surface area contributed by atoms with Crippen molar-refractivity contribution in [2.75, 3.05) is 38.0 Å². The Hall–Kier alpha value is -2.29. The summed E-state index contributed by atoms with van der Waals surface area (Å²) in [6.45, 7) is 2.25. The van der Waals surface area contributed by atoms with E-state index in [0.717, 1.165) is 12.8 Å². The number of benzene rings is 2. The van der Waals surface area contributed by atoms with E-state index in [1.807, 2.05) is 0 Å². The molecule has 0 aliphatic heterocycles. The molecule has 170 valence electrons. The highest BCUT2D eigenvalue weighted by Crippen LogP contribution is 2.35. The first kappa shape index (κ1) is 25.0. The second-order valence-corrected chi connectivity index (χ2v) is 9.16. The van der Waals surface area contributed by atoms with Crippen LogP contribution in [-0.2, 0) is 4.79 Å². The predicted octanol–water partition coefficient (Wildman–Crippen LogP) is 6.91. The van der Waals surface area contributed by atoms with Gasteiger partial charge in [-0.1, -0.05) is 76.1 Å². The van der Waals surface area contributed by atoms with Gasteiger partial charge in [0.1, 0.15) is 6.29 Å². The molecule has 2 rings (SSSR count). The van der Waals surface area contributed by atoms with E-state index in [2.05, 4.69) is 93.4 Å². The fourth-order valence-electron chi connectivity index (χ4n) is 4.30. The predicted molar refractivity (Wildman–Crippen MR) is 136 cm³/mol. The lowest BCUT2D eigenvalue weighted by Crippen LogP contribution is -2.17. The number of carbonyl (C=O) groups excluding carboxylic acids is 1. The molecule has 3 nitrogen and oxygen atoms in total. The van der Waals surface area contributed by atoms with E-state index >= 15 is 0 Å². The molecule has 0 spiro atoms. The minimum Gasteiger partial charge on any atom is -0.378 e. The zero-order valence-electron chi connectivity index (χ0n) is 20.3. The third-order valence-electron chi connectivity index (χ3n) is 6.28. The highest BCUT2D eigenvalue weighted by atomic mass is 16.1. The lowest BCUT2D eigenvalue weighted by atomic mass is 9.79. The molecule has 0 radical (unpaired) electrons.